The Bertz CT molecular complexity index is 266. The van der Waals surface area contributed by atoms with Crippen LogP contribution in [0.15, 0.2) is 0 Å². The van der Waals surface area contributed by atoms with Gasteiger partial charge in [-0.15, -0.1) is 0 Å². The topological polar surface area (TPSA) is 79.9 Å². The van der Waals surface area contributed by atoms with Crippen LogP contribution in [0.2, 0.25) is 0 Å². The molecule has 5 nitrogen and oxygen atoms in total. The summed E-state index contributed by atoms with van der Waals surface area (Å²) in [4.78, 5) is 13.0. The van der Waals surface area contributed by atoms with Crippen LogP contribution < -0.4 is 5.32 Å². The van der Waals surface area contributed by atoms with E-state index in [1.54, 1.807) is 0 Å². The summed E-state index contributed by atoms with van der Waals surface area (Å²) >= 11 is 0. The highest BCUT2D eigenvalue weighted by Gasteiger charge is 2.26. The second-order valence-corrected chi connectivity index (χ2v) is 3.16. The lowest BCUT2D eigenvalue weighted by atomic mass is 10.2. The predicted molar refractivity (Wildman–Crippen MR) is 48.8 cm³/mol. The van der Waals surface area contributed by atoms with Crippen LogP contribution in [0.3, 0.4) is 0 Å². The first kappa shape index (κ1) is 10.5. The van der Waals surface area contributed by atoms with Crippen LogP contribution in [0.25, 0.3) is 0 Å². The largest absolute Gasteiger partial charge is 0.315 e. The average molecular weight is 192 g/mol. The van der Waals surface area contributed by atoms with Crippen LogP contribution in [0, 0.1) is 22.7 Å². The summed E-state index contributed by atoms with van der Waals surface area (Å²) in [6, 6.07) is 3.57. The monoisotopic (exact) mass is 192 g/mol. The highest BCUT2D eigenvalue weighted by Crippen LogP contribution is 2.08. The molecule has 1 saturated heterocycles. The SMILES string of the molecule is N#CCN(CC#N)C(=O)[C@H]1CCCN1. The van der Waals surface area contributed by atoms with Gasteiger partial charge in [0.1, 0.15) is 13.1 Å². The summed E-state index contributed by atoms with van der Waals surface area (Å²) in [6.07, 6.45) is 1.77. The van der Waals surface area contributed by atoms with Gasteiger partial charge in [0.05, 0.1) is 18.2 Å². The van der Waals surface area contributed by atoms with E-state index in [0.29, 0.717) is 0 Å². The van der Waals surface area contributed by atoms with Gasteiger partial charge in [0, 0.05) is 0 Å². The molecule has 0 aromatic carbocycles. The number of nitrogens with zero attached hydrogens (tertiary/aromatic N) is 3. The van der Waals surface area contributed by atoms with Gasteiger partial charge in [-0.1, -0.05) is 0 Å². The van der Waals surface area contributed by atoms with E-state index in [-0.39, 0.29) is 25.0 Å². The van der Waals surface area contributed by atoms with Gasteiger partial charge in [-0.05, 0) is 19.4 Å². The van der Waals surface area contributed by atoms with Crippen molar-refractivity contribution in [2.45, 2.75) is 18.9 Å². The lowest BCUT2D eigenvalue weighted by Gasteiger charge is -2.19. The van der Waals surface area contributed by atoms with Crippen molar-refractivity contribution < 1.29 is 4.79 Å². The second-order valence-electron chi connectivity index (χ2n) is 3.16. The molecule has 74 valence electrons. The number of hydrogen-bond acceptors (Lipinski definition) is 4. The Morgan fingerprint density at radius 3 is 2.50 bits per heavy atom. The molecule has 5 heteroatoms. The molecular weight excluding hydrogens is 180 g/mol. The number of nitrogens with one attached hydrogen (secondary N) is 1. The molecule has 0 aliphatic carbocycles. The van der Waals surface area contributed by atoms with Gasteiger partial charge in [-0.25, -0.2) is 0 Å². The molecule has 0 saturated carbocycles. The summed E-state index contributed by atoms with van der Waals surface area (Å²) in [5.74, 6) is -0.134. The fourth-order valence-corrected chi connectivity index (χ4v) is 1.50. The molecule has 0 aromatic heterocycles. The third-order valence-electron chi connectivity index (χ3n) is 2.19. The van der Waals surface area contributed by atoms with Gasteiger partial charge in [-0.3, -0.25) is 4.79 Å². The minimum Gasteiger partial charge on any atom is -0.315 e. The maximum Gasteiger partial charge on any atom is 0.241 e. The fourth-order valence-electron chi connectivity index (χ4n) is 1.50. The van der Waals surface area contributed by atoms with Gasteiger partial charge in [-0.2, -0.15) is 10.5 Å². The number of hydrogen-bond donors (Lipinski definition) is 1. The Hall–Kier alpha value is -1.59. The Labute approximate surface area is 82.9 Å². The van der Waals surface area contributed by atoms with Gasteiger partial charge in [0.25, 0.3) is 0 Å². The zero-order valence-corrected chi connectivity index (χ0v) is 7.86. The first-order chi connectivity index (χ1) is 6.79. The Kier molecular flexibility index (Phi) is 3.90. The van der Waals surface area contributed by atoms with E-state index < -0.39 is 0 Å². The van der Waals surface area contributed by atoms with E-state index in [1.165, 1.54) is 4.90 Å². The van der Waals surface area contributed by atoms with Gasteiger partial charge >= 0.3 is 0 Å². The molecule has 1 aliphatic rings. The van der Waals surface area contributed by atoms with Gasteiger partial charge < -0.3 is 10.2 Å². The van der Waals surface area contributed by atoms with E-state index in [2.05, 4.69) is 5.32 Å². The van der Waals surface area contributed by atoms with Gasteiger partial charge in [0.15, 0.2) is 0 Å². The van der Waals surface area contributed by atoms with Crippen molar-refractivity contribution in [3.05, 3.63) is 0 Å². The Balaban J connectivity index is 2.54. The van der Waals surface area contributed by atoms with E-state index in [4.69, 9.17) is 10.5 Å². The van der Waals surface area contributed by atoms with Crippen LogP contribution in [0.4, 0.5) is 0 Å². The number of rotatable bonds is 3. The van der Waals surface area contributed by atoms with Crippen molar-refractivity contribution in [2.24, 2.45) is 0 Å². The van der Waals surface area contributed by atoms with Crippen molar-refractivity contribution in [1.29, 1.82) is 10.5 Å². The molecule has 1 heterocycles. The molecule has 1 rings (SSSR count). The molecule has 0 spiro atoms. The average Bonchev–Trinajstić information content (AvgIpc) is 2.69. The predicted octanol–water partition coefficient (Wildman–Crippen LogP) is -0.386. The molecule has 1 amide bonds. The number of carbonyl (C=O) groups is 1. The molecule has 14 heavy (non-hydrogen) atoms. The number of amides is 1. The fraction of sp³-hybridized carbons (Fsp3) is 0.667. The Morgan fingerprint density at radius 2 is 2.07 bits per heavy atom. The minimum absolute atomic E-state index is 0.00935. The summed E-state index contributed by atoms with van der Waals surface area (Å²) in [7, 11) is 0. The van der Waals surface area contributed by atoms with Crippen LogP contribution in [-0.2, 0) is 4.79 Å². The molecule has 1 aliphatic heterocycles. The number of nitriles is 2. The van der Waals surface area contributed by atoms with E-state index in [1.807, 2.05) is 12.1 Å². The van der Waals surface area contributed by atoms with Crippen molar-refractivity contribution in [2.75, 3.05) is 19.6 Å². The molecule has 1 N–H and O–H groups in total. The summed E-state index contributed by atoms with van der Waals surface area (Å²) in [5, 5.41) is 20.0. The third-order valence-corrected chi connectivity index (χ3v) is 2.19. The van der Waals surface area contributed by atoms with Gasteiger partial charge in [0.2, 0.25) is 5.91 Å². The molecular formula is C9H12N4O. The molecule has 0 radical (unpaired) electrons. The zero-order chi connectivity index (χ0) is 10.4. The minimum atomic E-state index is -0.198. The van der Waals surface area contributed by atoms with Crippen molar-refractivity contribution >= 4 is 5.91 Å². The highest BCUT2D eigenvalue weighted by molar-refractivity contribution is 5.82. The van der Waals surface area contributed by atoms with Crippen LogP contribution in [0.5, 0.6) is 0 Å². The molecule has 0 aromatic rings. The summed E-state index contributed by atoms with van der Waals surface area (Å²) in [6.45, 7) is 0.818. The van der Waals surface area contributed by atoms with E-state index >= 15 is 0 Å². The summed E-state index contributed by atoms with van der Waals surface area (Å²) < 4.78 is 0. The maximum atomic E-state index is 11.7. The normalized spacial score (nSPS) is 19.7. The summed E-state index contributed by atoms with van der Waals surface area (Å²) in [5.41, 5.74) is 0. The standard InChI is InChI=1S/C9H12N4O/c10-3-6-13(7-4-11)9(14)8-2-1-5-12-8/h8,12H,1-2,5-7H2/t8-/m1/s1. The lowest BCUT2D eigenvalue weighted by Crippen LogP contribution is -2.43. The first-order valence-corrected chi connectivity index (χ1v) is 4.55. The quantitative estimate of drug-likeness (QED) is 0.618. The lowest BCUT2D eigenvalue weighted by molar-refractivity contribution is -0.131. The third kappa shape index (κ3) is 2.45. The van der Waals surface area contributed by atoms with Crippen molar-refractivity contribution in [3.8, 4) is 12.1 Å². The molecule has 1 atom stereocenters. The molecule has 1 fully saturated rings. The van der Waals surface area contributed by atoms with E-state index in [9.17, 15) is 4.79 Å². The first-order valence-electron chi connectivity index (χ1n) is 4.55. The smallest absolute Gasteiger partial charge is 0.241 e. The van der Waals surface area contributed by atoms with Crippen molar-refractivity contribution in [3.63, 3.8) is 0 Å². The molecule has 0 unspecified atom stereocenters. The van der Waals surface area contributed by atoms with Crippen LogP contribution in [-0.4, -0.2) is 36.5 Å². The number of carbonyl (C=O) groups excluding carboxylic acids is 1. The highest BCUT2D eigenvalue weighted by atomic mass is 16.2. The van der Waals surface area contributed by atoms with Crippen LogP contribution in [0.1, 0.15) is 12.8 Å². The van der Waals surface area contributed by atoms with Crippen LogP contribution >= 0.6 is 0 Å². The molecule has 0 bridgehead atoms. The van der Waals surface area contributed by atoms with Crippen molar-refractivity contribution in [1.82, 2.24) is 10.2 Å². The van der Waals surface area contributed by atoms with E-state index in [0.717, 1.165) is 19.4 Å². The Morgan fingerprint density at radius 1 is 1.43 bits per heavy atom. The zero-order valence-electron chi connectivity index (χ0n) is 7.86. The second kappa shape index (κ2) is 5.21. The maximum absolute atomic E-state index is 11.7.